The van der Waals surface area contributed by atoms with Crippen LogP contribution < -0.4 is 4.74 Å². The van der Waals surface area contributed by atoms with E-state index in [1.165, 1.54) is 6.07 Å². The number of rotatable bonds is 3. The topological polar surface area (TPSA) is 96.1 Å². The summed E-state index contributed by atoms with van der Waals surface area (Å²) in [6.07, 6.45) is 0. The first-order valence-corrected chi connectivity index (χ1v) is 5.46. The van der Waals surface area contributed by atoms with Gasteiger partial charge in [0.25, 0.3) is 0 Å². The molecular formula is C13H8FN3O3. The average molecular weight is 273 g/mol. The minimum absolute atomic E-state index is 0.0702. The summed E-state index contributed by atoms with van der Waals surface area (Å²) < 4.78 is 18.4. The number of nitrogens with zero attached hydrogens (tertiary/aromatic N) is 3. The Hall–Kier alpha value is -3.01. The van der Waals surface area contributed by atoms with Gasteiger partial charge in [-0.05, 0) is 25.1 Å². The summed E-state index contributed by atoms with van der Waals surface area (Å²) >= 11 is 0. The van der Waals surface area contributed by atoms with E-state index in [1.807, 2.05) is 6.07 Å². The second kappa shape index (κ2) is 5.32. The second-order valence-electron chi connectivity index (χ2n) is 3.84. The number of carboxylic acid groups (broad SMARTS) is 1. The van der Waals surface area contributed by atoms with Crippen LogP contribution in [0.5, 0.6) is 11.8 Å². The maximum Gasteiger partial charge on any atom is 0.339 e. The number of aromatic carboxylic acids is 1. The molecule has 0 saturated carbocycles. The fourth-order valence-corrected chi connectivity index (χ4v) is 1.50. The first-order chi connectivity index (χ1) is 9.49. The number of ether oxygens (including phenoxy) is 1. The molecule has 0 aliphatic carbocycles. The number of benzene rings is 1. The Morgan fingerprint density at radius 1 is 1.40 bits per heavy atom. The number of halogens is 1. The highest BCUT2D eigenvalue weighted by Gasteiger charge is 2.15. The molecule has 7 heteroatoms. The molecule has 1 N–H and O–H groups in total. The molecule has 1 heterocycles. The van der Waals surface area contributed by atoms with Crippen LogP contribution in [-0.4, -0.2) is 21.0 Å². The number of hydrogen-bond donors (Lipinski definition) is 1. The number of nitriles is 1. The number of aromatic nitrogens is 2. The van der Waals surface area contributed by atoms with Gasteiger partial charge in [-0.2, -0.15) is 10.2 Å². The maximum absolute atomic E-state index is 13.2. The summed E-state index contributed by atoms with van der Waals surface area (Å²) in [6.45, 7) is 1.62. The van der Waals surface area contributed by atoms with E-state index in [2.05, 4.69) is 9.97 Å². The van der Waals surface area contributed by atoms with E-state index in [1.54, 1.807) is 6.92 Å². The normalized spacial score (nSPS) is 9.85. The van der Waals surface area contributed by atoms with Gasteiger partial charge in [0.05, 0.1) is 0 Å². The van der Waals surface area contributed by atoms with Crippen LogP contribution >= 0.6 is 0 Å². The van der Waals surface area contributed by atoms with Gasteiger partial charge in [-0.1, -0.05) is 0 Å². The third kappa shape index (κ3) is 2.87. The molecule has 0 atom stereocenters. The van der Waals surface area contributed by atoms with E-state index >= 15 is 0 Å². The smallest absolute Gasteiger partial charge is 0.339 e. The molecule has 2 aromatic rings. The number of aryl methyl sites for hydroxylation is 1. The van der Waals surface area contributed by atoms with Crippen LogP contribution in [0.4, 0.5) is 4.39 Å². The number of hydrogen-bond acceptors (Lipinski definition) is 5. The van der Waals surface area contributed by atoms with Crippen molar-refractivity contribution in [2.24, 2.45) is 0 Å². The minimum atomic E-state index is -1.27. The van der Waals surface area contributed by atoms with Gasteiger partial charge in [0, 0.05) is 11.8 Å². The van der Waals surface area contributed by atoms with Crippen LogP contribution in [0.3, 0.4) is 0 Å². The van der Waals surface area contributed by atoms with Crippen molar-refractivity contribution in [1.82, 2.24) is 9.97 Å². The van der Waals surface area contributed by atoms with Gasteiger partial charge in [-0.25, -0.2) is 14.2 Å². The van der Waals surface area contributed by atoms with Crippen molar-refractivity contribution in [3.8, 4) is 17.8 Å². The molecule has 0 amide bonds. The molecule has 0 aliphatic heterocycles. The summed E-state index contributed by atoms with van der Waals surface area (Å²) in [6, 6.07) is 6.05. The minimum Gasteiger partial charge on any atom is -0.478 e. The molecule has 0 bridgehead atoms. The SMILES string of the molecule is Cc1cc(C#N)nc(Oc2cc(F)ccc2C(=O)O)n1. The maximum atomic E-state index is 13.2. The monoisotopic (exact) mass is 273 g/mol. The van der Waals surface area contributed by atoms with E-state index in [4.69, 9.17) is 15.1 Å². The van der Waals surface area contributed by atoms with Crippen LogP contribution in [0.25, 0.3) is 0 Å². The zero-order valence-electron chi connectivity index (χ0n) is 10.3. The van der Waals surface area contributed by atoms with Gasteiger partial charge >= 0.3 is 12.0 Å². The predicted molar refractivity (Wildman–Crippen MR) is 64.9 cm³/mol. The molecule has 0 fully saturated rings. The second-order valence-corrected chi connectivity index (χ2v) is 3.84. The quantitative estimate of drug-likeness (QED) is 0.921. The van der Waals surface area contributed by atoms with Crippen molar-refractivity contribution in [2.75, 3.05) is 0 Å². The Morgan fingerprint density at radius 3 is 2.80 bits per heavy atom. The van der Waals surface area contributed by atoms with Gasteiger partial charge in [-0.15, -0.1) is 0 Å². The molecule has 100 valence electrons. The van der Waals surface area contributed by atoms with Crippen LogP contribution in [0.15, 0.2) is 24.3 Å². The first-order valence-electron chi connectivity index (χ1n) is 5.46. The molecule has 0 aliphatic rings. The summed E-state index contributed by atoms with van der Waals surface area (Å²) in [5, 5.41) is 17.8. The van der Waals surface area contributed by atoms with Gasteiger partial charge in [0.2, 0.25) is 0 Å². The Balaban J connectivity index is 2.44. The van der Waals surface area contributed by atoms with E-state index in [9.17, 15) is 9.18 Å². The molecular weight excluding hydrogens is 265 g/mol. The lowest BCUT2D eigenvalue weighted by Crippen LogP contribution is -2.03. The van der Waals surface area contributed by atoms with Gasteiger partial charge < -0.3 is 9.84 Å². The highest BCUT2D eigenvalue weighted by atomic mass is 19.1. The number of carboxylic acids is 1. The summed E-state index contributed by atoms with van der Waals surface area (Å²) in [5.74, 6) is -2.15. The molecule has 1 aromatic heterocycles. The lowest BCUT2D eigenvalue weighted by molar-refractivity contribution is 0.0694. The fourth-order valence-electron chi connectivity index (χ4n) is 1.50. The van der Waals surface area contributed by atoms with Crippen molar-refractivity contribution < 1.29 is 19.0 Å². The Bertz CT molecular complexity index is 725. The molecule has 2 rings (SSSR count). The zero-order valence-corrected chi connectivity index (χ0v) is 10.3. The molecule has 0 unspecified atom stereocenters. The third-order valence-electron chi connectivity index (χ3n) is 2.32. The van der Waals surface area contributed by atoms with Crippen molar-refractivity contribution >= 4 is 5.97 Å². The average Bonchev–Trinajstić information content (AvgIpc) is 2.37. The van der Waals surface area contributed by atoms with Crippen molar-refractivity contribution in [1.29, 1.82) is 5.26 Å². The van der Waals surface area contributed by atoms with E-state index in [0.717, 1.165) is 18.2 Å². The van der Waals surface area contributed by atoms with Crippen molar-refractivity contribution in [2.45, 2.75) is 6.92 Å². The molecule has 6 nitrogen and oxygen atoms in total. The Morgan fingerprint density at radius 2 is 2.15 bits per heavy atom. The first kappa shape index (κ1) is 13.4. The predicted octanol–water partition coefficient (Wildman–Crippen LogP) is 2.29. The van der Waals surface area contributed by atoms with Gasteiger partial charge in [-0.3, -0.25) is 0 Å². The van der Waals surface area contributed by atoms with Gasteiger partial charge in [0.15, 0.2) is 0 Å². The summed E-state index contributed by atoms with van der Waals surface area (Å²) in [7, 11) is 0. The number of carbonyl (C=O) groups is 1. The molecule has 1 aromatic carbocycles. The fraction of sp³-hybridized carbons (Fsp3) is 0.0769. The Labute approximate surface area is 113 Å². The molecule has 0 saturated heterocycles. The summed E-state index contributed by atoms with van der Waals surface area (Å²) in [4.78, 5) is 18.7. The van der Waals surface area contributed by atoms with Crippen molar-refractivity contribution in [3.63, 3.8) is 0 Å². The van der Waals surface area contributed by atoms with E-state index in [0.29, 0.717) is 5.69 Å². The highest BCUT2D eigenvalue weighted by molar-refractivity contribution is 5.90. The Kier molecular flexibility index (Phi) is 3.57. The lowest BCUT2D eigenvalue weighted by Gasteiger charge is -2.07. The largest absolute Gasteiger partial charge is 0.478 e. The van der Waals surface area contributed by atoms with Crippen LogP contribution in [0.1, 0.15) is 21.7 Å². The van der Waals surface area contributed by atoms with E-state index < -0.39 is 11.8 Å². The molecule has 0 radical (unpaired) electrons. The molecule has 20 heavy (non-hydrogen) atoms. The van der Waals surface area contributed by atoms with Crippen LogP contribution in [-0.2, 0) is 0 Å². The summed E-state index contributed by atoms with van der Waals surface area (Å²) in [5.41, 5.74) is 0.315. The lowest BCUT2D eigenvalue weighted by atomic mass is 10.2. The van der Waals surface area contributed by atoms with Crippen LogP contribution in [0, 0.1) is 24.1 Å². The van der Waals surface area contributed by atoms with Crippen molar-refractivity contribution in [3.05, 3.63) is 47.0 Å². The van der Waals surface area contributed by atoms with Crippen LogP contribution in [0.2, 0.25) is 0 Å². The third-order valence-corrected chi connectivity index (χ3v) is 2.32. The standard InChI is InChI=1S/C13H8FN3O3/c1-7-4-9(6-15)17-13(16-7)20-11-5-8(14)2-3-10(11)12(18)19/h2-5H,1H3,(H,18,19). The van der Waals surface area contributed by atoms with Gasteiger partial charge in [0.1, 0.15) is 28.9 Å². The molecule has 0 spiro atoms. The van der Waals surface area contributed by atoms with E-state index in [-0.39, 0.29) is 23.0 Å². The highest BCUT2D eigenvalue weighted by Crippen LogP contribution is 2.24. The zero-order chi connectivity index (χ0) is 14.7.